The Morgan fingerprint density at radius 1 is 0.714 bits per heavy atom. The van der Waals surface area contributed by atoms with Gasteiger partial charge >= 0.3 is 0 Å². The Balaban J connectivity index is 3.90. The zero-order valence-electron chi connectivity index (χ0n) is 23.6. The van der Waals surface area contributed by atoms with Crippen molar-refractivity contribution in [1.29, 1.82) is 0 Å². The minimum atomic E-state index is -1.42. The third kappa shape index (κ3) is 21.9. The summed E-state index contributed by atoms with van der Waals surface area (Å²) in [6, 6.07) is -0.751. The van der Waals surface area contributed by atoms with Crippen molar-refractivity contribution < 1.29 is 15.0 Å². The van der Waals surface area contributed by atoms with Crippen molar-refractivity contribution in [3.63, 3.8) is 0 Å². The van der Waals surface area contributed by atoms with E-state index in [0.717, 1.165) is 25.7 Å². The predicted octanol–water partition coefficient (Wildman–Crippen LogP) is 7.84. The molecule has 0 aliphatic heterocycles. The molecule has 0 aromatic rings. The summed E-state index contributed by atoms with van der Waals surface area (Å²) in [5.74, 6) is 5.84. The number of amides is 1. The number of aliphatic hydroxyl groups excluding tert-OH is 1. The highest BCUT2D eigenvalue weighted by molar-refractivity contribution is 5.76. The predicted molar refractivity (Wildman–Crippen MR) is 150 cm³/mol. The first kappa shape index (κ1) is 34.0. The summed E-state index contributed by atoms with van der Waals surface area (Å²) in [4.78, 5) is 12.3. The fraction of sp³-hybridized carbons (Fsp3) is 0.903. The van der Waals surface area contributed by atoms with E-state index in [9.17, 15) is 15.0 Å². The highest BCUT2D eigenvalue weighted by Gasteiger charge is 2.30. The lowest BCUT2D eigenvalue weighted by molar-refractivity contribution is -0.123. The molecule has 0 aromatic carbocycles. The molecular formula is C31H59NO3. The highest BCUT2D eigenvalue weighted by atomic mass is 16.3. The van der Waals surface area contributed by atoms with Crippen LogP contribution in [0.5, 0.6) is 0 Å². The molecule has 1 amide bonds. The molecule has 2 atom stereocenters. The van der Waals surface area contributed by atoms with Gasteiger partial charge < -0.3 is 15.5 Å². The first-order valence-electron chi connectivity index (χ1n) is 15.1. The minimum Gasteiger partial charge on any atom is -0.394 e. The number of nitrogens with one attached hydrogen (secondary N) is 1. The Labute approximate surface area is 218 Å². The van der Waals surface area contributed by atoms with Gasteiger partial charge in [0.05, 0.1) is 12.6 Å². The summed E-state index contributed by atoms with van der Waals surface area (Å²) >= 11 is 0. The lowest BCUT2D eigenvalue weighted by atomic mass is 9.96. The molecule has 0 saturated heterocycles. The SMILES string of the molecule is CCCCCCCCCCCCCC#C[C@@](C)(O)[C@H](CO)NC(=O)CCCCCCCCCCC. The van der Waals surface area contributed by atoms with Gasteiger partial charge in [0.2, 0.25) is 5.91 Å². The summed E-state index contributed by atoms with van der Waals surface area (Å²) in [5.41, 5.74) is -1.42. The maximum Gasteiger partial charge on any atom is 0.220 e. The third-order valence-corrected chi connectivity index (χ3v) is 6.95. The van der Waals surface area contributed by atoms with E-state index in [1.165, 1.54) is 109 Å². The number of unbranched alkanes of at least 4 members (excludes halogenated alkanes) is 19. The average molecular weight is 494 g/mol. The maximum atomic E-state index is 12.3. The van der Waals surface area contributed by atoms with E-state index in [0.29, 0.717) is 6.42 Å². The van der Waals surface area contributed by atoms with E-state index in [1.54, 1.807) is 6.92 Å². The normalized spacial score (nSPS) is 13.6. The molecule has 0 bridgehead atoms. The first-order valence-corrected chi connectivity index (χ1v) is 15.1. The number of aliphatic hydroxyl groups is 2. The quantitative estimate of drug-likeness (QED) is 0.0947. The van der Waals surface area contributed by atoms with Crippen molar-refractivity contribution in [1.82, 2.24) is 5.32 Å². The van der Waals surface area contributed by atoms with Gasteiger partial charge in [0.25, 0.3) is 0 Å². The van der Waals surface area contributed by atoms with Gasteiger partial charge in [-0.3, -0.25) is 4.79 Å². The molecule has 0 heterocycles. The number of hydrogen-bond acceptors (Lipinski definition) is 3. The monoisotopic (exact) mass is 493 g/mol. The van der Waals surface area contributed by atoms with Crippen LogP contribution in [0.15, 0.2) is 0 Å². The van der Waals surface area contributed by atoms with Crippen LogP contribution in [0.3, 0.4) is 0 Å². The fourth-order valence-corrected chi connectivity index (χ4v) is 4.43. The summed E-state index contributed by atoms with van der Waals surface area (Å²) in [6.45, 7) is 5.76. The molecular weight excluding hydrogens is 434 g/mol. The standard InChI is InChI=1S/C31H59NO3/c1-4-6-8-10-12-14-15-16-17-19-21-23-25-27-31(3,35)29(28-33)32-30(34)26-24-22-20-18-13-11-9-7-5-2/h29,33,35H,4-24,26,28H2,1-3H3,(H,32,34)/t29-,31+/m0/s1. The van der Waals surface area contributed by atoms with Gasteiger partial charge in [-0.1, -0.05) is 135 Å². The van der Waals surface area contributed by atoms with Gasteiger partial charge in [0.1, 0.15) is 5.60 Å². The van der Waals surface area contributed by atoms with Crippen LogP contribution in [0, 0.1) is 11.8 Å². The van der Waals surface area contributed by atoms with Crippen LogP contribution in [0.4, 0.5) is 0 Å². The van der Waals surface area contributed by atoms with Gasteiger partial charge in [-0.25, -0.2) is 0 Å². The Bertz CT molecular complexity index is 535. The molecule has 206 valence electrons. The molecule has 0 aliphatic carbocycles. The molecule has 0 aromatic heterocycles. The smallest absolute Gasteiger partial charge is 0.220 e. The van der Waals surface area contributed by atoms with E-state index in [2.05, 4.69) is 31.0 Å². The molecule has 35 heavy (non-hydrogen) atoms. The van der Waals surface area contributed by atoms with Gasteiger partial charge in [-0.2, -0.15) is 0 Å². The van der Waals surface area contributed by atoms with E-state index in [4.69, 9.17) is 0 Å². The molecule has 0 radical (unpaired) electrons. The lowest BCUT2D eigenvalue weighted by Gasteiger charge is -2.27. The van der Waals surface area contributed by atoms with Crippen LogP contribution < -0.4 is 5.32 Å². The second kappa shape index (κ2) is 24.6. The first-order chi connectivity index (χ1) is 17.0. The number of hydrogen-bond donors (Lipinski definition) is 3. The average Bonchev–Trinajstić information content (AvgIpc) is 2.84. The molecule has 0 saturated carbocycles. The second-order valence-electron chi connectivity index (χ2n) is 10.6. The van der Waals surface area contributed by atoms with Gasteiger partial charge in [0.15, 0.2) is 0 Å². The van der Waals surface area contributed by atoms with Crippen molar-refractivity contribution >= 4 is 5.91 Å². The van der Waals surface area contributed by atoms with E-state index >= 15 is 0 Å². The van der Waals surface area contributed by atoms with Gasteiger partial charge in [0, 0.05) is 12.8 Å². The minimum absolute atomic E-state index is 0.112. The maximum absolute atomic E-state index is 12.3. The zero-order chi connectivity index (χ0) is 26.0. The number of carbonyl (C=O) groups excluding carboxylic acids is 1. The summed E-state index contributed by atoms with van der Waals surface area (Å²) in [6.07, 6.45) is 26.4. The third-order valence-electron chi connectivity index (χ3n) is 6.95. The zero-order valence-corrected chi connectivity index (χ0v) is 23.6. The van der Waals surface area contributed by atoms with Crippen LogP contribution in [-0.4, -0.2) is 34.4 Å². The molecule has 0 fully saturated rings. The van der Waals surface area contributed by atoms with Crippen LogP contribution in [-0.2, 0) is 4.79 Å². The Morgan fingerprint density at radius 2 is 1.11 bits per heavy atom. The Hall–Kier alpha value is -1.05. The Kier molecular flexibility index (Phi) is 23.9. The largest absolute Gasteiger partial charge is 0.394 e. The van der Waals surface area contributed by atoms with E-state index in [-0.39, 0.29) is 12.5 Å². The summed E-state index contributed by atoms with van der Waals surface area (Å²) in [7, 11) is 0. The summed E-state index contributed by atoms with van der Waals surface area (Å²) in [5, 5.41) is 23.2. The van der Waals surface area contributed by atoms with Crippen molar-refractivity contribution in [2.24, 2.45) is 0 Å². The molecule has 4 nitrogen and oxygen atoms in total. The Morgan fingerprint density at radius 3 is 1.54 bits per heavy atom. The van der Waals surface area contributed by atoms with Crippen molar-refractivity contribution in [3.05, 3.63) is 0 Å². The van der Waals surface area contributed by atoms with Crippen molar-refractivity contribution in [2.45, 2.75) is 174 Å². The van der Waals surface area contributed by atoms with Crippen LogP contribution in [0.2, 0.25) is 0 Å². The highest BCUT2D eigenvalue weighted by Crippen LogP contribution is 2.14. The van der Waals surface area contributed by atoms with Crippen LogP contribution in [0.1, 0.15) is 162 Å². The number of rotatable bonds is 24. The van der Waals surface area contributed by atoms with Crippen molar-refractivity contribution in [2.75, 3.05) is 6.61 Å². The topological polar surface area (TPSA) is 69.6 Å². The van der Waals surface area contributed by atoms with Crippen LogP contribution >= 0.6 is 0 Å². The fourth-order valence-electron chi connectivity index (χ4n) is 4.43. The lowest BCUT2D eigenvalue weighted by Crippen LogP contribution is -2.52. The number of carbonyl (C=O) groups is 1. The van der Waals surface area contributed by atoms with Gasteiger partial charge in [-0.15, -0.1) is 5.92 Å². The van der Waals surface area contributed by atoms with Gasteiger partial charge in [-0.05, 0) is 19.8 Å². The summed E-state index contributed by atoms with van der Waals surface area (Å²) < 4.78 is 0. The van der Waals surface area contributed by atoms with E-state index in [1.807, 2.05) is 0 Å². The van der Waals surface area contributed by atoms with Crippen molar-refractivity contribution in [3.8, 4) is 11.8 Å². The molecule has 3 N–H and O–H groups in total. The van der Waals surface area contributed by atoms with E-state index < -0.39 is 11.6 Å². The molecule has 0 aliphatic rings. The van der Waals surface area contributed by atoms with Crippen LogP contribution in [0.25, 0.3) is 0 Å². The molecule has 0 rings (SSSR count). The molecule has 0 unspecified atom stereocenters. The second-order valence-corrected chi connectivity index (χ2v) is 10.6. The molecule has 0 spiro atoms. The molecule has 4 heteroatoms.